The topological polar surface area (TPSA) is 81.8 Å². The van der Waals surface area contributed by atoms with E-state index in [1.54, 1.807) is 49.4 Å². The predicted octanol–water partition coefficient (Wildman–Crippen LogP) is 6.57. The van der Waals surface area contributed by atoms with E-state index >= 15 is 0 Å². The lowest BCUT2D eigenvalue weighted by Gasteiger charge is -2.32. The maximum atomic E-state index is 13.2. The van der Waals surface area contributed by atoms with Gasteiger partial charge in [0.15, 0.2) is 0 Å². The van der Waals surface area contributed by atoms with Gasteiger partial charge < -0.3 is 15.5 Å². The number of anilines is 4. The van der Waals surface area contributed by atoms with Gasteiger partial charge in [0.1, 0.15) is 10.7 Å². The molecule has 0 aliphatic carbocycles. The molecule has 3 aromatic rings. The zero-order chi connectivity index (χ0) is 27.7. The van der Waals surface area contributed by atoms with Gasteiger partial charge in [-0.05, 0) is 85.8 Å². The highest BCUT2D eigenvalue weighted by Gasteiger charge is 2.39. The molecule has 200 valence electrons. The summed E-state index contributed by atoms with van der Waals surface area (Å²) in [6.07, 6.45) is 2.37. The first kappa shape index (κ1) is 26.8. The van der Waals surface area contributed by atoms with Gasteiger partial charge in [-0.2, -0.15) is 0 Å². The van der Waals surface area contributed by atoms with E-state index in [-0.39, 0.29) is 16.6 Å². The Kier molecular flexibility index (Phi) is 7.64. The minimum Gasteiger partial charge on any atom is -0.372 e. The maximum Gasteiger partial charge on any atom is 0.283 e. The van der Waals surface area contributed by atoms with E-state index < -0.39 is 11.8 Å². The van der Waals surface area contributed by atoms with Crippen molar-refractivity contribution in [2.45, 2.75) is 26.7 Å². The van der Waals surface area contributed by atoms with Crippen LogP contribution in [-0.2, 0) is 9.59 Å². The summed E-state index contributed by atoms with van der Waals surface area (Å²) in [7, 11) is 0. The molecule has 2 heterocycles. The predicted molar refractivity (Wildman–Crippen MR) is 157 cm³/mol. The molecule has 0 unspecified atom stereocenters. The summed E-state index contributed by atoms with van der Waals surface area (Å²) in [6, 6.07) is 19.4. The average Bonchev–Trinajstić information content (AvgIpc) is 3.14. The quantitative estimate of drug-likeness (QED) is 0.332. The second kappa shape index (κ2) is 11.1. The SMILES string of the molecule is Cc1ccc(Cl)cc1N1C(=O)C(Cl)=C(Nc2cccc(C(=O)Nc3ccc(N4CCC(C)CC4)cc3)c2)C1=O. The number of nitrogens with one attached hydrogen (secondary N) is 2. The molecule has 0 radical (unpaired) electrons. The number of piperidine rings is 1. The van der Waals surface area contributed by atoms with Gasteiger partial charge in [0.25, 0.3) is 17.7 Å². The monoisotopic (exact) mass is 562 g/mol. The molecule has 3 aromatic carbocycles. The molecule has 3 amide bonds. The summed E-state index contributed by atoms with van der Waals surface area (Å²) < 4.78 is 0. The number of rotatable bonds is 6. The van der Waals surface area contributed by atoms with E-state index in [0.29, 0.717) is 33.2 Å². The number of carbonyl (C=O) groups is 3. The highest BCUT2D eigenvalue weighted by Crippen LogP contribution is 2.33. The first-order valence-corrected chi connectivity index (χ1v) is 13.5. The van der Waals surface area contributed by atoms with Gasteiger partial charge in [0.2, 0.25) is 0 Å². The number of hydrogen-bond donors (Lipinski definition) is 2. The maximum absolute atomic E-state index is 13.2. The van der Waals surface area contributed by atoms with E-state index in [1.165, 1.54) is 12.8 Å². The Labute approximate surface area is 237 Å². The van der Waals surface area contributed by atoms with Crippen molar-refractivity contribution in [2.24, 2.45) is 5.92 Å². The highest BCUT2D eigenvalue weighted by atomic mass is 35.5. The molecular weight excluding hydrogens is 535 g/mol. The van der Waals surface area contributed by atoms with Gasteiger partial charge in [-0.15, -0.1) is 0 Å². The summed E-state index contributed by atoms with van der Waals surface area (Å²) in [6.45, 7) is 6.14. The number of amides is 3. The van der Waals surface area contributed by atoms with Gasteiger partial charge in [-0.1, -0.05) is 42.3 Å². The third-order valence-electron chi connectivity index (χ3n) is 7.11. The zero-order valence-corrected chi connectivity index (χ0v) is 23.1. The molecule has 5 rings (SSSR count). The van der Waals surface area contributed by atoms with E-state index in [4.69, 9.17) is 23.2 Å². The lowest BCUT2D eigenvalue weighted by molar-refractivity contribution is -0.120. The second-order valence-electron chi connectivity index (χ2n) is 9.94. The van der Waals surface area contributed by atoms with Crippen molar-refractivity contribution in [1.29, 1.82) is 0 Å². The van der Waals surface area contributed by atoms with Gasteiger partial charge in [0.05, 0.1) is 5.69 Å². The fourth-order valence-electron chi connectivity index (χ4n) is 4.76. The molecule has 39 heavy (non-hydrogen) atoms. The van der Waals surface area contributed by atoms with Gasteiger partial charge in [0, 0.05) is 40.7 Å². The van der Waals surface area contributed by atoms with Crippen LogP contribution in [0.3, 0.4) is 0 Å². The van der Waals surface area contributed by atoms with Crippen LogP contribution in [0.5, 0.6) is 0 Å². The van der Waals surface area contributed by atoms with Crippen molar-refractivity contribution in [2.75, 3.05) is 33.5 Å². The Morgan fingerprint density at radius 3 is 2.33 bits per heavy atom. The molecular formula is C30H28Cl2N4O3. The Balaban J connectivity index is 1.27. The number of carbonyl (C=O) groups excluding carboxylic acids is 3. The van der Waals surface area contributed by atoms with Gasteiger partial charge >= 0.3 is 0 Å². The third-order valence-corrected chi connectivity index (χ3v) is 7.69. The third kappa shape index (κ3) is 5.65. The minimum atomic E-state index is -0.647. The molecule has 2 N–H and O–H groups in total. The Bertz CT molecular complexity index is 1480. The van der Waals surface area contributed by atoms with Crippen molar-refractivity contribution in [3.63, 3.8) is 0 Å². The first-order valence-electron chi connectivity index (χ1n) is 12.8. The van der Waals surface area contributed by atoms with Crippen molar-refractivity contribution < 1.29 is 14.4 Å². The Hall–Kier alpha value is -3.81. The van der Waals surface area contributed by atoms with Crippen LogP contribution in [0, 0.1) is 12.8 Å². The number of halogens is 2. The molecule has 1 saturated heterocycles. The normalized spacial score (nSPS) is 16.2. The van der Waals surface area contributed by atoms with Crippen LogP contribution < -0.4 is 20.4 Å². The van der Waals surface area contributed by atoms with Crippen LogP contribution in [0.1, 0.15) is 35.7 Å². The smallest absolute Gasteiger partial charge is 0.283 e. The molecule has 2 aliphatic rings. The van der Waals surface area contributed by atoms with Crippen molar-refractivity contribution in [3.8, 4) is 0 Å². The summed E-state index contributed by atoms with van der Waals surface area (Å²) in [5.41, 5.74) is 3.64. The molecule has 1 fully saturated rings. The zero-order valence-electron chi connectivity index (χ0n) is 21.6. The van der Waals surface area contributed by atoms with Crippen molar-refractivity contribution in [1.82, 2.24) is 0 Å². The van der Waals surface area contributed by atoms with E-state index in [9.17, 15) is 14.4 Å². The van der Waals surface area contributed by atoms with Crippen molar-refractivity contribution >= 4 is 63.7 Å². The molecule has 7 nitrogen and oxygen atoms in total. The summed E-state index contributed by atoms with van der Waals surface area (Å²) in [5.74, 6) is -0.793. The summed E-state index contributed by atoms with van der Waals surface area (Å²) in [5, 5.41) is 6.00. The summed E-state index contributed by atoms with van der Waals surface area (Å²) >= 11 is 12.4. The van der Waals surface area contributed by atoms with Gasteiger partial charge in [-0.25, -0.2) is 4.90 Å². The minimum absolute atomic E-state index is 0.0682. The lowest BCUT2D eigenvalue weighted by Crippen LogP contribution is -2.32. The van der Waals surface area contributed by atoms with E-state index in [1.807, 2.05) is 24.3 Å². The fourth-order valence-corrected chi connectivity index (χ4v) is 5.14. The molecule has 0 spiro atoms. The first-order chi connectivity index (χ1) is 18.7. The number of imide groups is 1. The Morgan fingerprint density at radius 2 is 1.62 bits per heavy atom. The van der Waals surface area contributed by atoms with Crippen LogP contribution in [0.2, 0.25) is 5.02 Å². The highest BCUT2D eigenvalue weighted by molar-refractivity contribution is 6.53. The van der Waals surface area contributed by atoms with Crippen LogP contribution in [0.4, 0.5) is 22.7 Å². The number of nitrogens with zero attached hydrogens (tertiary/aromatic N) is 2. The lowest BCUT2D eigenvalue weighted by atomic mass is 9.99. The van der Waals surface area contributed by atoms with Crippen LogP contribution >= 0.6 is 23.2 Å². The molecule has 0 atom stereocenters. The van der Waals surface area contributed by atoms with Gasteiger partial charge in [-0.3, -0.25) is 14.4 Å². The molecule has 0 saturated carbocycles. The van der Waals surface area contributed by atoms with Crippen LogP contribution in [0.15, 0.2) is 77.5 Å². The molecule has 2 aliphatic heterocycles. The largest absolute Gasteiger partial charge is 0.372 e. The van der Waals surface area contributed by atoms with E-state index in [0.717, 1.165) is 29.6 Å². The second-order valence-corrected chi connectivity index (χ2v) is 10.8. The average molecular weight is 563 g/mol. The Morgan fingerprint density at radius 1 is 0.897 bits per heavy atom. The standard InChI is InChI=1S/C30H28Cl2N4O3/c1-18-12-14-35(15-13-18)24-10-8-22(9-11-24)34-28(37)20-4-3-5-23(16-20)33-27-26(32)29(38)36(30(27)39)25-17-21(31)7-6-19(25)2/h3-11,16-18,33H,12-15H2,1-2H3,(H,34,37). The molecule has 0 aromatic heterocycles. The molecule has 0 bridgehead atoms. The molecule has 9 heteroatoms. The summed E-state index contributed by atoms with van der Waals surface area (Å²) in [4.78, 5) is 42.4. The number of hydrogen-bond acceptors (Lipinski definition) is 5. The van der Waals surface area contributed by atoms with Crippen LogP contribution in [-0.4, -0.2) is 30.8 Å². The number of benzene rings is 3. The van der Waals surface area contributed by atoms with Crippen LogP contribution in [0.25, 0.3) is 0 Å². The fraction of sp³-hybridized carbons (Fsp3) is 0.233. The van der Waals surface area contributed by atoms with Crippen molar-refractivity contribution in [3.05, 3.63) is 93.6 Å². The van der Waals surface area contributed by atoms with E-state index in [2.05, 4.69) is 22.5 Å². The number of aryl methyl sites for hydroxylation is 1.